The molecule has 1 saturated carbocycles. The Balaban J connectivity index is 0.965. The number of fused-ring (bicyclic) bond motifs is 6. The number of aromatic amines is 2. The molecule has 2 aliphatic heterocycles. The van der Waals surface area contributed by atoms with Crippen LogP contribution in [0.25, 0.3) is 44.5 Å². The number of hydrogen-bond acceptors (Lipinski definition) is 7. The number of carbonyl (C=O) groups excluding carboxylic acids is 3. The molecule has 4 aliphatic rings. The molecule has 0 spiro atoms. The van der Waals surface area contributed by atoms with Crippen molar-refractivity contribution < 1.29 is 32.6 Å². The molecule has 5 aromatic rings. The van der Waals surface area contributed by atoms with Crippen LogP contribution in [0.2, 0.25) is 0 Å². The second-order valence-corrected chi connectivity index (χ2v) is 17.7. The number of benzene rings is 3. The van der Waals surface area contributed by atoms with Gasteiger partial charge in [0.15, 0.2) is 0 Å². The van der Waals surface area contributed by atoms with E-state index in [2.05, 4.69) is 20.3 Å². The molecule has 5 atom stereocenters. The molecule has 2 bridgehead atoms. The number of methoxy groups -OCH3 is 1. The van der Waals surface area contributed by atoms with Gasteiger partial charge in [0.1, 0.15) is 23.3 Å². The largest absolute Gasteiger partial charge is 0.453 e. The third-order valence-electron chi connectivity index (χ3n) is 12.5. The van der Waals surface area contributed by atoms with Gasteiger partial charge in [-0.1, -0.05) is 44.2 Å². The lowest BCUT2D eigenvalue weighted by Gasteiger charge is -2.37. The third kappa shape index (κ3) is 6.70. The highest BCUT2D eigenvalue weighted by Crippen LogP contribution is 2.53. The Morgan fingerprint density at radius 1 is 0.915 bits per heavy atom. The first-order valence-electron chi connectivity index (χ1n) is 20.5. The van der Waals surface area contributed by atoms with E-state index in [1.54, 1.807) is 29.3 Å². The highest BCUT2D eigenvalue weighted by molar-refractivity contribution is 5.88. The van der Waals surface area contributed by atoms with Crippen molar-refractivity contribution in [1.29, 1.82) is 0 Å². The summed E-state index contributed by atoms with van der Waals surface area (Å²) >= 11 is 0. The molecule has 0 unspecified atom stereocenters. The molecule has 14 heteroatoms. The van der Waals surface area contributed by atoms with E-state index in [-0.39, 0.29) is 47.0 Å². The highest BCUT2D eigenvalue weighted by atomic mass is 19.3. The maximum Gasteiger partial charge on any atom is 0.410 e. The first-order valence-corrected chi connectivity index (χ1v) is 20.5. The van der Waals surface area contributed by atoms with E-state index >= 15 is 8.78 Å². The average Bonchev–Trinajstić information content (AvgIpc) is 4.06. The predicted octanol–water partition coefficient (Wildman–Crippen LogP) is 9.25. The molecule has 9 rings (SSSR count). The van der Waals surface area contributed by atoms with E-state index in [1.807, 2.05) is 69.9 Å². The van der Waals surface area contributed by atoms with E-state index in [4.69, 9.17) is 14.5 Å². The van der Waals surface area contributed by atoms with Gasteiger partial charge in [-0.05, 0) is 111 Å². The van der Waals surface area contributed by atoms with Crippen LogP contribution in [-0.2, 0) is 20.2 Å². The minimum Gasteiger partial charge on any atom is -0.453 e. The molecule has 308 valence electrons. The number of hydrogen-bond donors (Lipinski definition) is 3. The molecular weight excluding hydrogens is 757 g/mol. The number of piperidine rings is 1. The lowest BCUT2D eigenvalue weighted by atomic mass is 9.95. The van der Waals surface area contributed by atoms with Crippen LogP contribution in [0.4, 0.5) is 18.4 Å². The zero-order valence-electron chi connectivity index (χ0n) is 34.1. The molecule has 3 N–H and O–H groups in total. The molecule has 2 saturated heterocycles. The Morgan fingerprint density at radius 3 is 2.32 bits per heavy atom. The average molecular weight is 806 g/mol. The molecule has 59 heavy (non-hydrogen) atoms. The summed E-state index contributed by atoms with van der Waals surface area (Å²) in [6.45, 7) is 9.83. The van der Waals surface area contributed by atoms with E-state index < -0.39 is 29.8 Å². The normalized spacial score (nSPS) is 22.2. The SMILES string of the molecule is COC(=O)N[C@H](C(=O)N1[C@@H]2CC[C@@H](C2)[C@H]1c1nc2ccc(-c3ccc4c(c3)C(F)(F)c3cc(-c5cnc([C@@H]6CCCN6C(=O)OC(C)(C)C)[nH]5)ccc3-4)cc2[nH]1)C(C)C. The van der Waals surface area contributed by atoms with Crippen LogP contribution in [0.5, 0.6) is 0 Å². The van der Waals surface area contributed by atoms with Gasteiger partial charge >= 0.3 is 12.2 Å². The first-order chi connectivity index (χ1) is 28.1. The summed E-state index contributed by atoms with van der Waals surface area (Å²) in [6, 6.07) is 14.7. The maximum atomic E-state index is 16.5. The van der Waals surface area contributed by atoms with Gasteiger partial charge in [0.05, 0.1) is 42.1 Å². The molecule has 2 aliphatic carbocycles. The van der Waals surface area contributed by atoms with E-state index in [0.29, 0.717) is 51.7 Å². The van der Waals surface area contributed by atoms with E-state index in [1.165, 1.54) is 13.2 Å². The highest BCUT2D eigenvalue weighted by Gasteiger charge is 2.52. The van der Waals surface area contributed by atoms with Crippen LogP contribution < -0.4 is 5.32 Å². The van der Waals surface area contributed by atoms with Gasteiger partial charge in [0, 0.05) is 29.3 Å². The minimum atomic E-state index is -3.25. The van der Waals surface area contributed by atoms with Crippen molar-refractivity contribution in [1.82, 2.24) is 35.1 Å². The summed E-state index contributed by atoms with van der Waals surface area (Å²) in [4.78, 5) is 59.0. The second-order valence-electron chi connectivity index (χ2n) is 17.7. The summed E-state index contributed by atoms with van der Waals surface area (Å²) in [7, 11) is 1.28. The molecule has 3 aromatic carbocycles. The number of halogens is 2. The number of H-pyrrole nitrogens is 2. The van der Waals surface area contributed by atoms with Gasteiger partial charge in [-0.2, -0.15) is 8.78 Å². The van der Waals surface area contributed by atoms with Crippen molar-refractivity contribution in [3.63, 3.8) is 0 Å². The monoisotopic (exact) mass is 805 g/mol. The van der Waals surface area contributed by atoms with E-state index in [0.717, 1.165) is 43.2 Å². The van der Waals surface area contributed by atoms with Crippen molar-refractivity contribution in [3.05, 3.63) is 83.6 Å². The quantitative estimate of drug-likeness (QED) is 0.149. The summed E-state index contributed by atoms with van der Waals surface area (Å²) in [5, 5.41) is 2.73. The Bertz CT molecular complexity index is 2490. The second kappa shape index (κ2) is 14.2. The fraction of sp³-hybridized carbons (Fsp3) is 0.444. The Morgan fingerprint density at radius 2 is 1.61 bits per heavy atom. The number of rotatable bonds is 7. The molecule has 3 amide bonds. The standard InChI is InChI=1S/C45H49F2N7O5/c1-23(2)37(52-42(56)58-6)41(55)54-28-13-9-27(18-28)38(54)40-49-33-16-12-25(21-34(33)50-40)24-10-14-29-30-15-11-26(20-32(30)45(46,47)31(29)19-24)35-22-48-39(51-35)36-8-7-17-53(36)43(57)59-44(3,4)5/h10-12,14-16,19-23,27-28,36-38H,7-9,13,17-18H2,1-6H3,(H,48,51)(H,49,50)(H,52,56)/t27-,28+,36-,37-,38-/m0/s1. The Labute approximate surface area is 341 Å². The molecule has 3 fully saturated rings. The van der Waals surface area contributed by atoms with Gasteiger partial charge in [-0.25, -0.2) is 19.6 Å². The number of aromatic nitrogens is 4. The van der Waals surface area contributed by atoms with E-state index in [9.17, 15) is 14.4 Å². The van der Waals surface area contributed by atoms with Crippen LogP contribution in [-0.4, -0.2) is 79.2 Å². The van der Waals surface area contributed by atoms with Gasteiger partial charge in [0.25, 0.3) is 5.92 Å². The third-order valence-corrected chi connectivity index (χ3v) is 12.5. The van der Waals surface area contributed by atoms with Crippen molar-refractivity contribution in [3.8, 4) is 33.5 Å². The summed E-state index contributed by atoms with van der Waals surface area (Å²) in [5.74, 6) is -2.05. The van der Waals surface area contributed by atoms with Gasteiger partial charge in [0.2, 0.25) is 5.91 Å². The molecule has 0 radical (unpaired) electrons. The summed E-state index contributed by atoms with van der Waals surface area (Å²) in [6.07, 6.45) is 4.86. The van der Waals surface area contributed by atoms with Gasteiger partial charge in [-0.3, -0.25) is 9.69 Å². The summed E-state index contributed by atoms with van der Waals surface area (Å²) < 4.78 is 43.4. The van der Waals surface area contributed by atoms with Gasteiger partial charge < -0.3 is 29.7 Å². The zero-order valence-corrected chi connectivity index (χ0v) is 34.1. The molecule has 4 heterocycles. The number of likely N-dealkylation sites (tertiary alicyclic amines) is 2. The van der Waals surface area contributed by atoms with Crippen LogP contribution in [0.15, 0.2) is 60.8 Å². The first kappa shape index (κ1) is 38.7. The van der Waals surface area contributed by atoms with Crippen molar-refractivity contribution >= 4 is 29.1 Å². The summed E-state index contributed by atoms with van der Waals surface area (Å²) in [5.41, 5.74) is 4.22. The number of nitrogens with one attached hydrogen (secondary N) is 3. The van der Waals surface area contributed by atoms with Crippen molar-refractivity contribution in [2.75, 3.05) is 13.7 Å². The smallest absolute Gasteiger partial charge is 0.410 e. The van der Waals surface area contributed by atoms with Crippen molar-refractivity contribution in [2.24, 2.45) is 11.8 Å². The Hall–Kier alpha value is -5.79. The number of imidazole rings is 2. The topological polar surface area (TPSA) is 146 Å². The lowest BCUT2D eigenvalue weighted by Crippen LogP contribution is -2.54. The number of ether oxygens (including phenoxy) is 2. The van der Waals surface area contributed by atoms with Crippen LogP contribution >= 0.6 is 0 Å². The molecular formula is C45H49F2N7O5. The van der Waals surface area contributed by atoms with Crippen LogP contribution in [0.3, 0.4) is 0 Å². The van der Waals surface area contributed by atoms with Crippen LogP contribution in [0.1, 0.15) is 102 Å². The maximum absolute atomic E-state index is 16.5. The number of nitrogens with zero attached hydrogens (tertiary/aromatic N) is 4. The number of amides is 3. The van der Waals surface area contributed by atoms with Gasteiger partial charge in [-0.15, -0.1) is 0 Å². The zero-order chi connectivity index (χ0) is 41.5. The number of alkyl halides is 2. The van der Waals surface area contributed by atoms with Crippen molar-refractivity contribution in [2.45, 2.75) is 102 Å². The molecule has 12 nitrogen and oxygen atoms in total. The number of alkyl carbamates (subject to hydrolysis) is 1. The molecule has 2 aromatic heterocycles. The fourth-order valence-corrected chi connectivity index (χ4v) is 9.68. The number of carbonyl (C=O) groups is 3. The predicted molar refractivity (Wildman–Crippen MR) is 217 cm³/mol. The minimum absolute atomic E-state index is 0.0564. The Kier molecular flexibility index (Phi) is 9.31. The fourth-order valence-electron chi connectivity index (χ4n) is 9.68. The lowest BCUT2D eigenvalue weighted by molar-refractivity contribution is -0.139. The van der Waals surface area contributed by atoms with Crippen LogP contribution in [0, 0.1) is 11.8 Å².